The molecule has 0 aromatic rings. The lowest BCUT2D eigenvalue weighted by molar-refractivity contribution is -0.136. The summed E-state index contributed by atoms with van der Waals surface area (Å²) in [6.45, 7) is 11.2. The summed E-state index contributed by atoms with van der Waals surface area (Å²) in [5.74, 6) is 0.991. The zero-order valence-corrected chi connectivity index (χ0v) is 14.9. The predicted molar refractivity (Wildman–Crippen MR) is 91.6 cm³/mol. The molecule has 1 saturated carbocycles. The molecular weight excluding hydrogens is 272 g/mol. The molecule has 2 rings (SSSR count). The van der Waals surface area contributed by atoms with E-state index in [0.29, 0.717) is 11.7 Å². The summed E-state index contributed by atoms with van der Waals surface area (Å²) in [5.41, 5.74) is 2.72. The molecule has 0 aromatic carbocycles. The predicted octanol–water partition coefficient (Wildman–Crippen LogP) is 4.68. The highest BCUT2D eigenvalue weighted by Gasteiger charge is 2.55. The maximum Gasteiger partial charge on any atom is 0.159 e. The molecule has 0 amide bonds. The van der Waals surface area contributed by atoms with Crippen LogP contribution >= 0.6 is 0 Å². The average Bonchev–Trinajstić information content (AvgIpc) is 2.36. The molecule has 2 heteroatoms. The van der Waals surface area contributed by atoms with Gasteiger partial charge in [0.2, 0.25) is 0 Å². The summed E-state index contributed by atoms with van der Waals surface area (Å²) in [6.07, 6.45) is 9.46. The minimum Gasteiger partial charge on any atom is -0.392 e. The number of hydrogen-bond acceptors (Lipinski definition) is 2. The monoisotopic (exact) mass is 304 g/mol. The Morgan fingerprint density at radius 3 is 2.68 bits per heavy atom. The van der Waals surface area contributed by atoms with E-state index in [0.717, 1.165) is 25.7 Å². The van der Waals surface area contributed by atoms with Crippen molar-refractivity contribution in [3.63, 3.8) is 0 Å². The lowest BCUT2D eigenvalue weighted by Gasteiger charge is -2.55. The van der Waals surface area contributed by atoms with Gasteiger partial charge in [-0.05, 0) is 62.4 Å². The van der Waals surface area contributed by atoms with E-state index in [1.807, 2.05) is 12.2 Å². The highest BCUT2D eigenvalue weighted by atomic mass is 16.2. The van der Waals surface area contributed by atoms with E-state index in [2.05, 4.69) is 34.6 Å². The van der Waals surface area contributed by atoms with Gasteiger partial charge in [-0.2, -0.15) is 0 Å². The van der Waals surface area contributed by atoms with Crippen molar-refractivity contribution in [3.05, 3.63) is 23.3 Å². The normalized spacial score (nSPS) is 35.1. The van der Waals surface area contributed by atoms with Gasteiger partial charge in [0.15, 0.2) is 5.78 Å². The smallest absolute Gasteiger partial charge is 0.159 e. The molecule has 0 bridgehead atoms. The summed E-state index contributed by atoms with van der Waals surface area (Å²) < 4.78 is 0. The van der Waals surface area contributed by atoms with Crippen LogP contribution in [0.1, 0.15) is 66.7 Å². The average molecular weight is 304 g/mol. The molecule has 0 aromatic heterocycles. The molecule has 2 nitrogen and oxygen atoms in total. The van der Waals surface area contributed by atoms with Crippen molar-refractivity contribution in [1.82, 2.24) is 0 Å². The Morgan fingerprint density at radius 2 is 2.05 bits per heavy atom. The first-order valence-electron chi connectivity index (χ1n) is 8.71. The van der Waals surface area contributed by atoms with Gasteiger partial charge < -0.3 is 5.11 Å². The van der Waals surface area contributed by atoms with Gasteiger partial charge in [0, 0.05) is 5.92 Å². The number of aliphatic hydroxyl groups is 1. The first-order valence-corrected chi connectivity index (χ1v) is 8.71. The van der Waals surface area contributed by atoms with E-state index in [-0.39, 0.29) is 23.4 Å². The topological polar surface area (TPSA) is 37.3 Å². The quantitative estimate of drug-likeness (QED) is 0.765. The highest BCUT2D eigenvalue weighted by Crippen LogP contribution is 2.59. The van der Waals surface area contributed by atoms with Crippen LogP contribution in [0.4, 0.5) is 0 Å². The fourth-order valence-electron chi connectivity index (χ4n) is 5.31. The molecule has 1 fully saturated rings. The Labute approximate surface area is 135 Å². The molecule has 124 valence electrons. The number of ketones is 1. The summed E-state index contributed by atoms with van der Waals surface area (Å²) >= 11 is 0. The Balaban J connectivity index is 2.30. The number of aliphatic hydroxyl groups excluding tert-OH is 1. The van der Waals surface area contributed by atoms with Gasteiger partial charge in [-0.1, -0.05) is 44.4 Å². The van der Waals surface area contributed by atoms with Gasteiger partial charge in [-0.15, -0.1) is 0 Å². The van der Waals surface area contributed by atoms with E-state index in [9.17, 15) is 4.79 Å². The van der Waals surface area contributed by atoms with E-state index in [1.54, 1.807) is 0 Å². The lowest BCUT2D eigenvalue weighted by Crippen LogP contribution is -2.52. The summed E-state index contributed by atoms with van der Waals surface area (Å²) in [4.78, 5) is 12.7. The summed E-state index contributed by atoms with van der Waals surface area (Å²) in [7, 11) is 0. The second-order valence-corrected chi connectivity index (χ2v) is 8.40. The van der Waals surface area contributed by atoms with Crippen LogP contribution in [0.2, 0.25) is 0 Å². The van der Waals surface area contributed by atoms with Crippen molar-refractivity contribution in [2.75, 3.05) is 6.61 Å². The molecule has 0 unspecified atom stereocenters. The molecular formula is C20H32O2. The fraction of sp³-hybridized carbons (Fsp3) is 0.750. The first kappa shape index (κ1) is 17.5. The molecule has 0 spiro atoms. The van der Waals surface area contributed by atoms with Gasteiger partial charge in [0.05, 0.1) is 6.61 Å². The molecule has 0 saturated heterocycles. The highest BCUT2D eigenvalue weighted by molar-refractivity contribution is 5.94. The molecule has 0 heterocycles. The SMILES string of the molecule is CC1=CC(=O)[C@H]2C(C)(C)CCC[C@]2(C)[C@H]1CC/C(C)=C/CO. The van der Waals surface area contributed by atoms with Crippen molar-refractivity contribution in [2.45, 2.75) is 66.7 Å². The Bertz CT molecular complexity index is 498. The maximum absolute atomic E-state index is 12.7. The van der Waals surface area contributed by atoms with Gasteiger partial charge in [0.1, 0.15) is 0 Å². The number of rotatable bonds is 4. The van der Waals surface area contributed by atoms with Crippen LogP contribution in [-0.2, 0) is 4.79 Å². The van der Waals surface area contributed by atoms with Crippen molar-refractivity contribution >= 4 is 5.78 Å². The fourth-order valence-corrected chi connectivity index (χ4v) is 5.31. The molecule has 0 radical (unpaired) electrons. The molecule has 0 aliphatic heterocycles. The number of fused-ring (bicyclic) bond motifs is 1. The Hall–Kier alpha value is -0.890. The van der Waals surface area contributed by atoms with Crippen LogP contribution in [0.5, 0.6) is 0 Å². The van der Waals surface area contributed by atoms with Crippen LogP contribution in [0.15, 0.2) is 23.3 Å². The number of allylic oxidation sites excluding steroid dienone is 3. The molecule has 1 N–H and O–H groups in total. The van der Waals surface area contributed by atoms with Gasteiger partial charge in [-0.25, -0.2) is 0 Å². The van der Waals surface area contributed by atoms with Crippen molar-refractivity contribution in [3.8, 4) is 0 Å². The van der Waals surface area contributed by atoms with E-state index >= 15 is 0 Å². The molecule has 3 atom stereocenters. The summed E-state index contributed by atoms with van der Waals surface area (Å²) in [6, 6.07) is 0. The second-order valence-electron chi connectivity index (χ2n) is 8.40. The summed E-state index contributed by atoms with van der Waals surface area (Å²) in [5, 5.41) is 9.03. The molecule has 2 aliphatic carbocycles. The van der Waals surface area contributed by atoms with E-state index in [4.69, 9.17) is 5.11 Å². The van der Waals surface area contributed by atoms with Crippen LogP contribution in [0, 0.1) is 22.7 Å². The van der Waals surface area contributed by atoms with Crippen LogP contribution in [-0.4, -0.2) is 17.5 Å². The van der Waals surface area contributed by atoms with Crippen molar-refractivity contribution < 1.29 is 9.90 Å². The lowest BCUT2D eigenvalue weighted by atomic mass is 9.48. The van der Waals surface area contributed by atoms with Crippen molar-refractivity contribution in [1.29, 1.82) is 0 Å². The number of hydrogen-bond donors (Lipinski definition) is 1. The number of carbonyl (C=O) groups is 1. The van der Waals surface area contributed by atoms with E-state index < -0.39 is 0 Å². The van der Waals surface area contributed by atoms with E-state index in [1.165, 1.54) is 17.6 Å². The largest absolute Gasteiger partial charge is 0.392 e. The van der Waals surface area contributed by atoms with Crippen molar-refractivity contribution in [2.24, 2.45) is 22.7 Å². The third kappa shape index (κ3) is 3.08. The standard InChI is InChI=1S/C20H32O2/c1-14(9-12-21)7-8-16-15(2)13-17(22)18-19(3,4)10-6-11-20(16,18)5/h9,13,16,18,21H,6-8,10-12H2,1-5H3/b14-9+/t16-,18-,20+/m0/s1. The van der Waals surface area contributed by atoms with Gasteiger partial charge in [-0.3, -0.25) is 4.79 Å². The molecule has 22 heavy (non-hydrogen) atoms. The van der Waals surface area contributed by atoms with Crippen LogP contribution in [0.3, 0.4) is 0 Å². The van der Waals surface area contributed by atoms with Crippen LogP contribution < -0.4 is 0 Å². The van der Waals surface area contributed by atoms with Gasteiger partial charge >= 0.3 is 0 Å². The first-order chi connectivity index (χ1) is 10.2. The second kappa shape index (κ2) is 6.31. The van der Waals surface area contributed by atoms with Gasteiger partial charge in [0.25, 0.3) is 0 Å². The third-order valence-corrected chi connectivity index (χ3v) is 6.24. The Morgan fingerprint density at radius 1 is 1.36 bits per heavy atom. The zero-order valence-electron chi connectivity index (χ0n) is 14.9. The third-order valence-electron chi connectivity index (χ3n) is 6.24. The van der Waals surface area contributed by atoms with Crippen LogP contribution in [0.25, 0.3) is 0 Å². The zero-order chi connectivity index (χ0) is 16.5. The molecule has 2 aliphatic rings. The Kier molecular flexibility index (Phi) is 5.01. The number of carbonyl (C=O) groups excluding carboxylic acids is 1. The minimum atomic E-state index is 0.0944. The maximum atomic E-state index is 12.7. The minimum absolute atomic E-state index is 0.0944.